The molecule has 0 unspecified atom stereocenters. The van der Waals surface area contributed by atoms with Gasteiger partial charge in [-0.3, -0.25) is 0 Å². The molecule has 0 saturated carbocycles. The van der Waals surface area contributed by atoms with Gasteiger partial charge in [0.2, 0.25) is 0 Å². The first-order chi connectivity index (χ1) is 8.91. The summed E-state index contributed by atoms with van der Waals surface area (Å²) in [5.41, 5.74) is -0.516. The third-order valence-electron chi connectivity index (χ3n) is 3.12. The Bertz CT molecular complexity index is 321. The SMILES string of the molecule is CCCN(CCC)C(=O)N1CC(C)(OCC(=O)O)C1. The van der Waals surface area contributed by atoms with E-state index in [2.05, 4.69) is 0 Å². The van der Waals surface area contributed by atoms with Crippen LogP contribution in [-0.2, 0) is 9.53 Å². The zero-order chi connectivity index (χ0) is 14.5. The molecule has 1 saturated heterocycles. The molecule has 0 aromatic rings. The topological polar surface area (TPSA) is 70.1 Å². The maximum atomic E-state index is 12.2. The van der Waals surface area contributed by atoms with Crippen LogP contribution in [0.2, 0.25) is 0 Å². The fourth-order valence-electron chi connectivity index (χ4n) is 2.27. The Morgan fingerprint density at radius 2 is 1.79 bits per heavy atom. The summed E-state index contributed by atoms with van der Waals surface area (Å²) in [5.74, 6) is -0.982. The molecule has 1 aliphatic heterocycles. The number of urea groups is 1. The average molecular weight is 272 g/mol. The zero-order valence-corrected chi connectivity index (χ0v) is 12.0. The normalized spacial score (nSPS) is 16.9. The van der Waals surface area contributed by atoms with E-state index in [1.54, 1.807) is 4.90 Å². The van der Waals surface area contributed by atoms with Gasteiger partial charge in [-0.1, -0.05) is 13.8 Å². The molecule has 6 nitrogen and oxygen atoms in total. The molecule has 0 spiro atoms. The fourth-order valence-corrected chi connectivity index (χ4v) is 2.27. The average Bonchev–Trinajstić information content (AvgIpc) is 2.32. The van der Waals surface area contributed by atoms with Crippen molar-refractivity contribution >= 4 is 12.0 Å². The van der Waals surface area contributed by atoms with Gasteiger partial charge in [-0.2, -0.15) is 0 Å². The molecule has 1 aliphatic rings. The van der Waals surface area contributed by atoms with Crippen molar-refractivity contribution in [2.45, 2.75) is 39.2 Å². The van der Waals surface area contributed by atoms with Crippen LogP contribution < -0.4 is 0 Å². The molecule has 1 N–H and O–H groups in total. The number of hydrogen-bond acceptors (Lipinski definition) is 3. The first kappa shape index (κ1) is 15.8. The number of carbonyl (C=O) groups excluding carboxylic acids is 1. The van der Waals surface area contributed by atoms with E-state index in [4.69, 9.17) is 9.84 Å². The lowest BCUT2D eigenvalue weighted by Gasteiger charge is -2.48. The summed E-state index contributed by atoms with van der Waals surface area (Å²) in [6.45, 7) is 8.06. The molecule has 19 heavy (non-hydrogen) atoms. The van der Waals surface area contributed by atoms with E-state index in [-0.39, 0.29) is 12.6 Å². The third-order valence-corrected chi connectivity index (χ3v) is 3.12. The molecule has 1 heterocycles. The molecule has 1 rings (SSSR count). The van der Waals surface area contributed by atoms with Crippen molar-refractivity contribution in [3.8, 4) is 0 Å². The molecule has 0 atom stereocenters. The molecule has 1 fully saturated rings. The predicted molar refractivity (Wildman–Crippen MR) is 71.1 cm³/mol. The van der Waals surface area contributed by atoms with Crippen LogP contribution in [0.5, 0.6) is 0 Å². The number of carboxylic acid groups (broad SMARTS) is 1. The molecule has 0 aliphatic carbocycles. The quantitative estimate of drug-likeness (QED) is 0.760. The van der Waals surface area contributed by atoms with Gasteiger partial charge in [0.25, 0.3) is 0 Å². The van der Waals surface area contributed by atoms with Crippen LogP contribution in [-0.4, -0.2) is 65.3 Å². The minimum absolute atomic E-state index is 0.0279. The molecule has 0 aromatic heterocycles. The van der Waals surface area contributed by atoms with Gasteiger partial charge >= 0.3 is 12.0 Å². The fraction of sp³-hybridized carbons (Fsp3) is 0.846. The van der Waals surface area contributed by atoms with Crippen molar-refractivity contribution in [1.29, 1.82) is 0 Å². The maximum Gasteiger partial charge on any atom is 0.329 e. The number of amides is 2. The number of nitrogens with zero attached hydrogens (tertiary/aromatic N) is 2. The van der Waals surface area contributed by atoms with E-state index in [1.165, 1.54) is 0 Å². The highest BCUT2D eigenvalue weighted by Crippen LogP contribution is 2.25. The number of ether oxygens (including phenoxy) is 1. The van der Waals surface area contributed by atoms with Gasteiger partial charge in [-0.05, 0) is 19.8 Å². The summed E-state index contributed by atoms with van der Waals surface area (Å²) >= 11 is 0. The van der Waals surface area contributed by atoms with Gasteiger partial charge in [0, 0.05) is 13.1 Å². The van der Waals surface area contributed by atoms with Crippen molar-refractivity contribution in [1.82, 2.24) is 9.80 Å². The van der Waals surface area contributed by atoms with Gasteiger partial charge in [0.1, 0.15) is 12.2 Å². The monoisotopic (exact) mass is 272 g/mol. The Balaban J connectivity index is 2.42. The Morgan fingerprint density at radius 3 is 2.21 bits per heavy atom. The highest BCUT2D eigenvalue weighted by atomic mass is 16.5. The summed E-state index contributed by atoms with van der Waals surface area (Å²) in [5, 5.41) is 8.59. The lowest BCUT2D eigenvalue weighted by atomic mass is 9.97. The van der Waals surface area contributed by atoms with Crippen molar-refractivity contribution in [3.63, 3.8) is 0 Å². The number of rotatable bonds is 7. The minimum Gasteiger partial charge on any atom is -0.480 e. The first-order valence-electron chi connectivity index (χ1n) is 6.81. The lowest BCUT2D eigenvalue weighted by Crippen LogP contribution is -2.65. The second kappa shape index (κ2) is 6.75. The van der Waals surface area contributed by atoms with Crippen LogP contribution in [0.4, 0.5) is 4.79 Å². The van der Waals surface area contributed by atoms with Crippen LogP contribution in [0.15, 0.2) is 0 Å². The van der Waals surface area contributed by atoms with Crippen LogP contribution in [0.1, 0.15) is 33.6 Å². The number of likely N-dealkylation sites (tertiary alicyclic amines) is 1. The largest absolute Gasteiger partial charge is 0.480 e. The molecule has 110 valence electrons. The summed E-state index contributed by atoms with van der Waals surface area (Å²) in [4.78, 5) is 26.2. The second-order valence-corrected chi connectivity index (χ2v) is 5.26. The van der Waals surface area contributed by atoms with Gasteiger partial charge in [0.15, 0.2) is 0 Å². The van der Waals surface area contributed by atoms with Gasteiger partial charge < -0.3 is 19.6 Å². The zero-order valence-electron chi connectivity index (χ0n) is 12.0. The van der Waals surface area contributed by atoms with Crippen LogP contribution >= 0.6 is 0 Å². The van der Waals surface area contributed by atoms with Crippen molar-refractivity contribution in [2.24, 2.45) is 0 Å². The van der Waals surface area contributed by atoms with Crippen LogP contribution in [0.3, 0.4) is 0 Å². The Kier molecular flexibility index (Phi) is 5.60. The van der Waals surface area contributed by atoms with Gasteiger partial charge in [-0.15, -0.1) is 0 Å². The molecular weight excluding hydrogens is 248 g/mol. The van der Waals surface area contributed by atoms with Crippen molar-refractivity contribution < 1.29 is 19.4 Å². The molecule has 6 heteroatoms. The summed E-state index contributed by atoms with van der Waals surface area (Å²) < 4.78 is 5.30. The van der Waals surface area contributed by atoms with Crippen LogP contribution in [0, 0.1) is 0 Å². The van der Waals surface area contributed by atoms with Crippen molar-refractivity contribution in [3.05, 3.63) is 0 Å². The van der Waals surface area contributed by atoms with Gasteiger partial charge in [0.05, 0.1) is 13.1 Å². The standard InChI is InChI=1S/C13H24N2O4/c1-4-6-14(7-5-2)12(18)15-9-13(3,10-15)19-8-11(16)17/h4-10H2,1-3H3,(H,16,17). The number of carboxylic acids is 1. The smallest absolute Gasteiger partial charge is 0.329 e. The lowest BCUT2D eigenvalue weighted by molar-refractivity contribution is -0.160. The summed E-state index contributed by atoms with van der Waals surface area (Å²) in [6, 6.07) is 0.0279. The minimum atomic E-state index is -0.982. The third kappa shape index (κ3) is 4.38. The summed E-state index contributed by atoms with van der Waals surface area (Å²) in [7, 11) is 0. The summed E-state index contributed by atoms with van der Waals surface area (Å²) in [6.07, 6.45) is 1.87. The van der Waals surface area contributed by atoms with E-state index in [9.17, 15) is 9.59 Å². The van der Waals surface area contributed by atoms with E-state index < -0.39 is 11.6 Å². The highest BCUT2D eigenvalue weighted by Gasteiger charge is 2.43. The van der Waals surface area contributed by atoms with Crippen molar-refractivity contribution in [2.75, 3.05) is 32.8 Å². The number of hydrogen-bond donors (Lipinski definition) is 1. The Labute approximate surface area is 114 Å². The molecule has 0 radical (unpaired) electrons. The highest BCUT2D eigenvalue weighted by molar-refractivity contribution is 5.75. The van der Waals surface area contributed by atoms with E-state index in [1.807, 2.05) is 25.7 Å². The second-order valence-electron chi connectivity index (χ2n) is 5.26. The molecule has 0 aromatic carbocycles. The Hall–Kier alpha value is -1.30. The predicted octanol–water partition coefficient (Wildman–Crippen LogP) is 1.40. The molecular formula is C13H24N2O4. The molecule has 0 bridgehead atoms. The molecule has 2 amide bonds. The van der Waals surface area contributed by atoms with Crippen LogP contribution in [0.25, 0.3) is 0 Å². The number of carbonyl (C=O) groups is 2. The number of aliphatic carboxylic acids is 1. The van der Waals surface area contributed by atoms with E-state index in [0.29, 0.717) is 13.1 Å². The van der Waals surface area contributed by atoms with Gasteiger partial charge in [-0.25, -0.2) is 9.59 Å². The van der Waals surface area contributed by atoms with E-state index in [0.717, 1.165) is 25.9 Å². The van der Waals surface area contributed by atoms with E-state index >= 15 is 0 Å². The maximum absolute atomic E-state index is 12.2. The Morgan fingerprint density at radius 1 is 1.26 bits per heavy atom. The first-order valence-corrected chi connectivity index (χ1v) is 6.81.